The zero-order valence-electron chi connectivity index (χ0n) is 37.6. The molecular formula is C47H73NO17. The van der Waals surface area contributed by atoms with E-state index in [1.54, 1.807) is 80.7 Å². The van der Waals surface area contributed by atoms with E-state index in [2.05, 4.69) is 0 Å². The summed E-state index contributed by atoms with van der Waals surface area (Å²) in [6.07, 6.45) is 3.46. The number of esters is 1. The summed E-state index contributed by atoms with van der Waals surface area (Å²) in [6, 6.07) is -1.15. The van der Waals surface area contributed by atoms with E-state index in [1.807, 2.05) is 19.1 Å². The molecule has 3 unspecified atom stereocenters. The highest BCUT2D eigenvalue weighted by Gasteiger charge is 2.51. The maximum atomic E-state index is 12.6. The Morgan fingerprint density at radius 2 is 1.23 bits per heavy atom. The molecule has 18 nitrogen and oxygen atoms in total. The number of allylic oxidation sites excluding steroid dienone is 12. The molecule has 0 aliphatic carbocycles. The van der Waals surface area contributed by atoms with E-state index in [1.165, 1.54) is 13.0 Å². The molecule has 2 bridgehead atoms. The number of rotatable bonds is 3. The fourth-order valence-electron chi connectivity index (χ4n) is 7.97. The lowest BCUT2D eigenvalue weighted by Crippen LogP contribution is -2.61. The molecule has 0 spiro atoms. The molecule has 3 heterocycles. The van der Waals surface area contributed by atoms with Crippen molar-refractivity contribution in [3.8, 4) is 0 Å². The van der Waals surface area contributed by atoms with Gasteiger partial charge in [-0.3, -0.25) is 9.59 Å². The molecule has 0 aromatic rings. The largest absolute Gasteiger partial charge is 0.481 e. The van der Waals surface area contributed by atoms with Crippen LogP contribution < -0.4 is 5.73 Å². The molecular weight excluding hydrogens is 851 g/mol. The van der Waals surface area contributed by atoms with E-state index in [-0.39, 0.29) is 31.6 Å². The molecule has 3 aliphatic rings. The summed E-state index contributed by atoms with van der Waals surface area (Å²) in [7, 11) is 0. The molecule has 0 saturated carbocycles. The van der Waals surface area contributed by atoms with Gasteiger partial charge in [-0.2, -0.15) is 0 Å². The third kappa shape index (κ3) is 18.6. The number of carboxylic acid groups (broad SMARTS) is 1. The van der Waals surface area contributed by atoms with Crippen molar-refractivity contribution in [2.75, 3.05) is 0 Å². The molecule has 19 atom stereocenters. The van der Waals surface area contributed by atoms with Crippen LogP contribution in [-0.2, 0) is 28.5 Å². The molecule has 2 fully saturated rings. The summed E-state index contributed by atoms with van der Waals surface area (Å²) in [4.78, 5) is 25.1. The smallest absolute Gasteiger partial charge is 0.311 e. The first kappa shape index (κ1) is 55.9. The Kier molecular flexibility index (Phi) is 23.6. The van der Waals surface area contributed by atoms with Gasteiger partial charge in [0, 0.05) is 37.5 Å². The van der Waals surface area contributed by atoms with Gasteiger partial charge in [0.15, 0.2) is 12.1 Å². The molecule has 368 valence electrons. The number of ether oxygens (including phenoxy) is 4. The van der Waals surface area contributed by atoms with Crippen LogP contribution in [0.1, 0.15) is 79.1 Å². The van der Waals surface area contributed by atoms with Crippen molar-refractivity contribution >= 4 is 11.9 Å². The Labute approximate surface area is 381 Å². The van der Waals surface area contributed by atoms with Crippen molar-refractivity contribution in [3.63, 3.8) is 0 Å². The van der Waals surface area contributed by atoms with Crippen molar-refractivity contribution in [2.45, 2.75) is 177 Å². The number of hydrogen-bond acceptors (Lipinski definition) is 17. The van der Waals surface area contributed by atoms with Crippen molar-refractivity contribution in [2.24, 2.45) is 23.5 Å². The van der Waals surface area contributed by atoms with E-state index >= 15 is 0 Å². The molecule has 0 radical (unpaired) electrons. The van der Waals surface area contributed by atoms with Gasteiger partial charge < -0.3 is 80.9 Å². The predicted molar refractivity (Wildman–Crippen MR) is 237 cm³/mol. The highest BCUT2D eigenvalue weighted by Crippen LogP contribution is 2.38. The fraction of sp³-hybridized carbons (Fsp3) is 0.660. The minimum Gasteiger partial charge on any atom is -0.481 e. The standard InChI is InChI=1S/C47H73NO17/c1-27-17-15-13-11-9-7-5-6-8-10-12-14-16-18-34(64-46-44(58)41(48)43(57)30(4)63-46)24-38-40(45(59)60)37(54)26-47(61,65-38)25-33(51)22-36(53)35(52)20-19-31(49)21-32(50)23-39(55)62-29(3)28(2)42(27)56/h5-18,27-38,40-44,46,49-54,56-58,61H,19-26,48H2,1-4H3,(H,59,60)/b6-5+,9-7+,10-8+,13-11+,14-12+,17-15+,18-16+/t27-,28-,29-,30+,31+,32+,33-,34-,35+,36+,37-,38?,40+,41-,42?,43+,44-,46?,47+/m0/s1. The topological polar surface area (TPSA) is 320 Å². The van der Waals surface area contributed by atoms with Gasteiger partial charge in [-0.25, -0.2) is 0 Å². The minimum absolute atomic E-state index is 0.107. The first-order valence-corrected chi connectivity index (χ1v) is 22.3. The van der Waals surface area contributed by atoms with Gasteiger partial charge in [-0.15, -0.1) is 0 Å². The average Bonchev–Trinajstić information content (AvgIpc) is 3.21. The lowest BCUT2D eigenvalue weighted by atomic mass is 9.82. The van der Waals surface area contributed by atoms with Crippen LogP contribution in [0.5, 0.6) is 0 Å². The van der Waals surface area contributed by atoms with Crippen molar-refractivity contribution in [3.05, 3.63) is 85.1 Å². The second-order valence-electron chi connectivity index (χ2n) is 17.6. The van der Waals surface area contributed by atoms with E-state index in [9.17, 15) is 65.8 Å². The van der Waals surface area contributed by atoms with Crippen molar-refractivity contribution in [1.82, 2.24) is 0 Å². The fourth-order valence-corrected chi connectivity index (χ4v) is 7.97. The second kappa shape index (κ2) is 27.4. The van der Waals surface area contributed by atoms with Crippen LogP contribution in [-0.4, -0.2) is 166 Å². The Morgan fingerprint density at radius 3 is 1.82 bits per heavy atom. The molecule has 65 heavy (non-hydrogen) atoms. The number of nitrogens with two attached hydrogens (primary N) is 1. The van der Waals surface area contributed by atoms with Crippen molar-refractivity contribution in [1.29, 1.82) is 0 Å². The van der Waals surface area contributed by atoms with Gasteiger partial charge in [-0.05, 0) is 33.1 Å². The number of aliphatic hydroxyl groups is 10. The highest BCUT2D eigenvalue weighted by molar-refractivity contribution is 5.71. The summed E-state index contributed by atoms with van der Waals surface area (Å²) in [6.45, 7) is 6.74. The zero-order chi connectivity index (χ0) is 48.4. The molecule has 0 aromatic heterocycles. The van der Waals surface area contributed by atoms with E-state index < -0.39 is 147 Å². The zero-order valence-corrected chi connectivity index (χ0v) is 37.6. The summed E-state index contributed by atoms with van der Waals surface area (Å²) in [5.41, 5.74) is 6.02. The number of carboxylic acids is 1. The van der Waals surface area contributed by atoms with Gasteiger partial charge in [0.2, 0.25) is 0 Å². The summed E-state index contributed by atoms with van der Waals surface area (Å²) in [5, 5.41) is 118. The molecule has 3 aliphatic heterocycles. The molecule has 0 aromatic carbocycles. The van der Waals surface area contributed by atoms with E-state index in [0.717, 1.165) is 0 Å². The molecule has 0 amide bonds. The number of cyclic esters (lactones) is 1. The van der Waals surface area contributed by atoms with Crippen LogP contribution in [0.2, 0.25) is 0 Å². The van der Waals surface area contributed by atoms with Crippen molar-refractivity contribution < 1.29 is 84.7 Å². The predicted octanol–water partition coefficient (Wildman–Crippen LogP) is 0.712. The third-order valence-electron chi connectivity index (χ3n) is 12.0. The summed E-state index contributed by atoms with van der Waals surface area (Å²) < 4.78 is 23.1. The lowest BCUT2D eigenvalue weighted by Gasteiger charge is -2.45. The summed E-state index contributed by atoms with van der Waals surface area (Å²) >= 11 is 0. The molecule has 13 N–H and O–H groups in total. The van der Waals surface area contributed by atoms with Crippen LogP contribution in [0.15, 0.2) is 85.1 Å². The monoisotopic (exact) mass is 923 g/mol. The Morgan fingerprint density at radius 1 is 0.662 bits per heavy atom. The number of aliphatic hydroxyl groups excluding tert-OH is 9. The van der Waals surface area contributed by atoms with Crippen LogP contribution in [0, 0.1) is 17.8 Å². The van der Waals surface area contributed by atoms with E-state index in [0.29, 0.717) is 0 Å². The van der Waals surface area contributed by atoms with Gasteiger partial charge in [-0.1, -0.05) is 98.9 Å². The Hall–Kier alpha value is -3.44. The Balaban J connectivity index is 1.86. The quantitative estimate of drug-likeness (QED) is 0.174. The number of hydrogen-bond donors (Lipinski definition) is 12. The minimum atomic E-state index is -2.33. The number of carbonyl (C=O) groups is 2. The van der Waals surface area contributed by atoms with Crippen LogP contribution in [0.25, 0.3) is 0 Å². The molecule has 3 rings (SSSR count). The number of fused-ring (bicyclic) bond motifs is 2. The SMILES string of the molecule is C[C@@H]1OC(=O)C[C@H](O)C[C@H](O)CC[C@@H](O)[C@H](O)C[C@H](O)C[C@]2(O)C[C@H](O)[C@@H](C(=O)O)C(C[C@@H](OC3O[C@H](C)[C@@H](O)[C@H](N)[C@@H]3O)/C=C/C=C/C=C/C=C/C=C/C=C/C=C/[C@H](C)C(O)[C@H]1C)O2. The number of carbonyl (C=O) groups excluding carboxylic acids is 1. The van der Waals surface area contributed by atoms with E-state index in [4.69, 9.17) is 24.7 Å². The van der Waals surface area contributed by atoms with Crippen LogP contribution >= 0.6 is 0 Å². The van der Waals surface area contributed by atoms with Gasteiger partial charge in [0.05, 0.1) is 79.6 Å². The first-order chi connectivity index (χ1) is 30.6. The van der Waals surface area contributed by atoms with Gasteiger partial charge in [0.25, 0.3) is 0 Å². The highest BCUT2D eigenvalue weighted by atomic mass is 16.7. The third-order valence-corrected chi connectivity index (χ3v) is 12.0. The molecule has 2 saturated heterocycles. The summed E-state index contributed by atoms with van der Waals surface area (Å²) in [5.74, 6) is -6.83. The van der Waals surface area contributed by atoms with Crippen LogP contribution in [0.3, 0.4) is 0 Å². The van der Waals surface area contributed by atoms with Gasteiger partial charge >= 0.3 is 11.9 Å². The average molecular weight is 924 g/mol. The first-order valence-electron chi connectivity index (χ1n) is 22.3. The maximum absolute atomic E-state index is 12.6. The maximum Gasteiger partial charge on any atom is 0.311 e. The Bertz CT molecular complexity index is 1670. The lowest BCUT2D eigenvalue weighted by molar-refractivity contribution is -0.308. The molecule has 18 heteroatoms. The second-order valence-corrected chi connectivity index (χ2v) is 17.6. The normalized spacial score (nSPS) is 45.5. The number of aliphatic carboxylic acids is 1. The van der Waals surface area contributed by atoms with Gasteiger partial charge in [0.1, 0.15) is 18.1 Å². The van der Waals surface area contributed by atoms with Crippen LogP contribution in [0.4, 0.5) is 0 Å².